The van der Waals surface area contributed by atoms with Gasteiger partial charge in [0.15, 0.2) is 11.8 Å². The molecule has 0 unspecified atom stereocenters. The summed E-state index contributed by atoms with van der Waals surface area (Å²) < 4.78 is 32.6. The number of aromatic amines is 2. The van der Waals surface area contributed by atoms with Gasteiger partial charge in [-0.15, -0.1) is 0 Å². The van der Waals surface area contributed by atoms with E-state index in [9.17, 15) is 9.18 Å². The number of hydrogen-bond acceptors (Lipinski definition) is 6. The molecule has 3 heterocycles. The van der Waals surface area contributed by atoms with Crippen LogP contribution in [0.25, 0.3) is 33.2 Å². The first-order valence-corrected chi connectivity index (χ1v) is 11.6. The third-order valence-corrected chi connectivity index (χ3v) is 6.39. The van der Waals surface area contributed by atoms with E-state index in [0.29, 0.717) is 17.0 Å². The van der Waals surface area contributed by atoms with Gasteiger partial charge >= 0.3 is 0 Å². The van der Waals surface area contributed by atoms with Crippen molar-refractivity contribution in [1.29, 1.82) is 0 Å². The minimum absolute atomic E-state index is 0.0639. The first kappa shape index (κ1) is 21.9. The van der Waals surface area contributed by atoms with E-state index >= 15 is 4.39 Å². The highest BCUT2D eigenvalue weighted by molar-refractivity contribution is 8.00. The second-order valence-electron chi connectivity index (χ2n) is 7.74. The van der Waals surface area contributed by atoms with E-state index in [-0.39, 0.29) is 11.3 Å². The second kappa shape index (κ2) is 8.79. The number of H-pyrrole nitrogens is 2. The summed E-state index contributed by atoms with van der Waals surface area (Å²) in [5, 5.41) is 0.462. The molecule has 0 aliphatic heterocycles. The molecular formula is C24H20F2N6OS. The number of hydrogen-bond donors (Lipinski definition) is 4. The zero-order valence-corrected chi connectivity index (χ0v) is 18.9. The van der Waals surface area contributed by atoms with Crippen LogP contribution in [0.5, 0.6) is 0 Å². The van der Waals surface area contributed by atoms with Crippen LogP contribution in [0, 0.1) is 11.6 Å². The minimum Gasteiger partial charge on any atom is -0.369 e. The standard InChI is InChI=1S/C24H20F2N6OS/c1-2-7-34-32-18-6-4-16(25)20(21(18)26)22(33)15-11-29-23-14(15)8-13(10-28-23)12-3-5-17-19(9-12)31-24(27)30-17/h3-6,8-11,32H,2,7H2,1H3,(H,28,29)(H3,27,30,31). The number of carbonyl (C=O) groups is 1. The minimum atomic E-state index is -0.922. The van der Waals surface area contributed by atoms with E-state index in [1.54, 1.807) is 12.3 Å². The van der Waals surface area contributed by atoms with Gasteiger partial charge in [0, 0.05) is 34.7 Å². The molecule has 0 bridgehead atoms. The van der Waals surface area contributed by atoms with Crippen molar-refractivity contribution in [3.63, 3.8) is 0 Å². The molecule has 10 heteroatoms. The van der Waals surface area contributed by atoms with E-state index in [1.165, 1.54) is 24.2 Å². The first-order chi connectivity index (χ1) is 16.5. The third kappa shape index (κ3) is 3.86. The highest BCUT2D eigenvalue weighted by Crippen LogP contribution is 2.31. The van der Waals surface area contributed by atoms with Gasteiger partial charge in [0.2, 0.25) is 5.78 Å². The molecule has 0 atom stereocenters. The monoisotopic (exact) mass is 478 g/mol. The molecule has 34 heavy (non-hydrogen) atoms. The lowest BCUT2D eigenvalue weighted by atomic mass is 9.99. The van der Waals surface area contributed by atoms with Crippen molar-refractivity contribution < 1.29 is 13.6 Å². The molecule has 0 radical (unpaired) electrons. The van der Waals surface area contributed by atoms with Crippen LogP contribution >= 0.6 is 11.9 Å². The van der Waals surface area contributed by atoms with E-state index < -0.39 is 23.0 Å². The predicted octanol–water partition coefficient (Wildman–Crippen LogP) is 5.67. The number of benzene rings is 2. The Morgan fingerprint density at radius 2 is 2.03 bits per heavy atom. The van der Waals surface area contributed by atoms with Crippen molar-refractivity contribution in [3.8, 4) is 11.1 Å². The van der Waals surface area contributed by atoms with Crippen LogP contribution in [0.1, 0.15) is 29.3 Å². The Morgan fingerprint density at radius 1 is 1.18 bits per heavy atom. The zero-order valence-electron chi connectivity index (χ0n) is 18.1. The van der Waals surface area contributed by atoms with Crippen molar-refractivity contribution in [2.24, 2.45) is 0 Å². The summed E-state index contributed by atoms with van der Waals surface area (Å²) in [5.41, 5.74) is 8.79. The second-order valence-corrected chi connectivity index (χ2v) is 8.64. The van der Waals surface area contributed by atoms with Gasteiger partial charge in [-0.3, -0.25) is 4.79 Å². The maximum absolute atomic E-state index is 15.1. The number of rotatable bonds is 7. The van der Waals surface area contributed by atoms with Gasteiger partial charge in [0.1, 0.15) is 11.5 Å². The first-order valence-electron chi connectivity index (χ1n) is 10.6. The number of ketones is 1. The van der Waals surface area contributed by atoms with Crippen molar-refractivity contribution in [2.45, 2.75) is 13.3 Å². The fourth-order valence-corrected chi connectivity index (χ4v) is 4.38. The van der Waals surface area contributed by atoms with Gasteiger partial charge in [0.05, 0.1) is 22.3 Å². The number of pyridine rings is 1. The molecule has 0 aliphatic carbocycles. The van der Waals surface area contributed by atoms with Gasteiger partial charge in [-0.1, -0.05) is 24.9 Å². The number of halogens is 2. The number of aromatic nitrogens is 4. The average molecular weight is 479 g/mol. The number of imidazole rings is 1. The summed E-state index contributed by atoms with van der Waals surface area (Å²) in [6.07, 6.45) is 3.97. The topological polar surface area (TPSA) is 112 Å². The van der Waals surface area contributed by atoms with Gasteiger partial charge in [0.25, 0.3) is 0 Å². The molecule has 0 saturated heterocycles. The maximum Gasteiger partial charge on any atom is 0.201 e. The summed E-state index contributed by atoms with van der Waals surface area (Å²) in [7, 11) is 0. The lowest BCUT2D eigenvalue weighted by Crippen LogP contribution is -2.09. The zero-order chi connectivity index (χ0) is 23.8. The van der Waals surface area contributed by atoms with Crippen LogP contribution in [-0.2, 0) is 0 Å². The summed E-state index contributed by atoms with van der Waals surface area (Å²) in [5.74, 6) is -1.55. The summed E-state index contributed by atoms with van der Waals surface area (Å²) in [6, 6.07) is 9.71. The number of anilines is 2. The van der Waals surface area contributed by atoms with E-state index in [1.807, 2.05) is 25.1 Å². The van der Waals surface area contributed by atoms with Crippen LogP contribution in [0.2, 0.25) is 0 Å². The summed E-state index contributed by atoms with van der Waals surface area (Å²) in [6.45, 7) is 1.99. The number of nitrogens with one attached hydrogen (secondary N) is 3. The number of fused-ring (bicyclic) bond motifs is 2. The molecule has 0 saturated carbocycles. The molecule has 172 valence electrons. The van der Waals surface area contributed by atoms with Gasteiger partial charge in [-0.25, -0.2) is 18.7 Å². The Hall–Kier alpha value is -3.92. The largest absolute Gasteiger partial charge is 0.369 e. The molecular weight excluding hydrogens is 458 g/mol. The maximum atomic E-state index is 15.1. The molecule has 5 aromatic rings. The van der Waals surface area contributed by atoms with Crippen LogP contribution in [0.3, 0.4) is 0 Å². The van der Waals surface area contributed by atoms with Crippen molar-refractivity contribution in [2.75, 3.05) is 16.2 Å². The van der Waals surface area contributed by atoms with E-state index in [4.69, 9.17) is 5.73 Å². The van der Waals surface area contributed by atoms with Crippen LogP contribution in [-0.4, -0.2) is 31.5 Å². The molecule has 5 N–H and O–H groups in total. The highest BCUT2D eigenvalue weighted by atomic mass is 32.2. The fourth-order valence-electron chi connectivity index (χ4n) is 3.76. The third-order valence-electron chi connectivity index (χ3n) is 5.42. The van der Waals surface area contributed by atoms with Crippen LogP contribution in [0.4, 0.5) is 20.4 Å². The number of carbonyl (C=O) groups excluding carboxylic acids is 1. The van der Waals surface area contributed by atoms with Gasteiger partial charge < -0.3 is 20.4 Å². The van der Waals surface area contributed by atoms with Gasteiger partial charge in [-0.05, 0) is 42.3 Å². The number of nitrogens with two attached hydrogens (primary N) is 1. The van der Waals surface area contributed by atoms with E-state index in [2.05, 4.69) is 24.7 Å². The lowest BCUT2D eigenvalue weighted by molar-refractivity contribution is 0.103. The number of nitrogens with zero attached hydrogens (tertiary/aromatic N) is 2. The van der Waals surface area contributed by atoms with E-state index in [0.717, 1.165) is 40.4 Å². The Kier molecular flexibility index (Phi) is 5.66. The van der Waals surface area contributed by atoms with Crippen molar-refractivity contribution in [1.82, 2.24) is 19.9 Å². The summed E-state index contributed by atoms with van der Waals surface area (Å²) in [4.78, 5) is 27.8. The van der Waals surface area contributed by atoms with Crippen molar-refractivity contribution in [3.05, 3.63) is 71.6 Å². The quantitative estimate of drug-likeness (QED) is 0.136. The Balaban J connectivity index is 1.55. The predicted molar refractivity (Wildman–Crippen MR) is 132 cm³/mol. The highest BCUT2D eigenvalue weighted by Gasteiger charge is 2.24. The Labute approximate surface area is 197 Å². The molecule has 0 aliphatic rings. The van der Waals surface area contributed by atoms with Crippen LogP contribution < -0.4 is 10.5 Å². The molecule has 0 amide bonds. The van der Waals surface area contributed by atoms with Gasteiger partial charge in [-0.2, -0.15) is 0 Å². The number of nitrogen functional groups attached to an aromatic ring is 1. The molecule has 5 rings (SSSR count). The van der Waals surface area contributed by atoms with Crippen molar-refractivity contribution >= 4 is 51.4 Å². The SMILES string of the molecule is CCCSNc1ccc(F)c(C(=O)c2c[nH]c3ncc(-c4ccc5nc(N)[nH]c5c4)cc23)c1F. The smallest absolute Gasteiger partial charge is 0.201 e. The lowest BCUT2D eigenvalue weighted by Gasteiger charge is -2.10. The summed E-state index contributed by atoms with van der Waals surface area (Å²) >= 11 is 1.29. The Bertz CT molecular complexity index is 1540. The molecule has 2 aromatic carbocycles. The normalized spacial score (nSPS) is 11.4. The molecule has 0 fully saturated rings. The average Bonchev–Trinajstić information content (AvgIpc) is 3.42. The molecule has 3 aromatic heterocycles. The molecule has 7 nitrogen and oxygen atoms in total. The van der Waals surface area contributed by atoms with Crippen LogP contribution in [0.15, 0.2) is 48.8 Å². The molecule has 0 spiro atoms. The fraction of sp³-hybridized carbons (Fsp3) is 0.125. The Morgan fingerprint density at radius 3 is 2.85 bits per heavy atom.